The summed E-state index contributed by atoms with van der Waals surface area (Å²) in [5, 5.41) is 0.238. The normalized spacial score (nSPS) is 11.4. The van der Waals surface area contributed by atoms with Gasteiger partial charge in [0.15, 0.2) is 0 Å². The molecule has 0 atom stereocenters. The van der Waals surface area contributed by atoms with Gasteiger partial charge in [0.1, 0.15) is 15.7 Å². The second kappa shape index (κ2) is 9.08. The first kappa shape index (κ1) is 19.5. The van der Waals surface area contributed by atoms with E-state index < -0.39 is 0 Å². The van der Waals surface area contributed by atoms with Crippen LogP contribution in [0.25, 0.3) is 22.4 Å². The van der Waals surface area contributed by atoms with Gasteiger partial charge in [-0.15, -0.1) is 0 Å². The van der Waals surface area contributed by atoms with Gasteiger partial charge < -0.3 is 0 Å². The molecule has 0 fully saturated rings. The van der Waals surface area contributed by atoms with Gasteiger partial charge in [-0.3, -0.25) is 4.98 Å². The predicted octanol–water partition coefficient (Wildman–Crippen LogP) is 4.81. The molecule has 27 heavy (non-hydrogen) atoms. The molecule has 136 valence electrons. The highest BCUT2D eigenvalue weighted by Gasteiger charge is 2.20. The SMILES string of the molecule is BC(B)(CCCCCC)c1ccc(-c2ccc(-c3ccccc3)nc2)cc1. The Hall–Kier alpha value is -2.28. The molecule has 0 unspecified atom stereocenters. The van der Waals surface area contributed by atoms with E-state index in [2.05, 4.69) is 76.1 Å². The molecule has 2 aromatic carbocycles. The third kappa shape index (κ3) is 5.13. The summed E-state index contributed by atoms with van der Waals surface area (Å²) >= 11 is 0. The molecule has 1 aromatic heterocycles. The zero-order valence-corrected chi connectivity index (χ0v) is 16.9. The monoisotopic (exact) mass is 353 g/mol. The summed E-state index contributed by atoms with van der Waals surface area (Å²) in [4.78, 5) is 4.65. The fourth-order valence-electron chi connectivity index (χ4n) is 3.60. The maximum atomic E-state index is 4.65. The van der Waals surface area contributed by atoms with Crippen molar-refractivity contribution in [3.63, 3.8) is 0 Å². The molecule has 0 aliphatic rings. The maximum absolute atomic E-state index is 4.65. The number of pyridine rings is 1. The van der Waals surface area contributed by atoms with Gasteiger partial charge in [-0.1, -0.05) is 110 Å². The third-order valence-electron chi connectivity index (χ3n) is 5.49. The highest BCUT2D eigenvalue weighted by atomic mass is 14.7. The molecule has 0 saturated heterocycles. The molecule has 0 bridgehead atoms. The van der Waals surface area contributed by atoms with Gasteiger partial charge >= 0.3 is 0 Å². The molecule has 0 aliphatic heterocycles. The lowest BCUT2D eigenvalue weighted by molar-refractivity contribution is 0.600. The van der Waals surface area contributed by atoms with Crippen LogP contribution in [-0.4, -0.2) is 20.7 Å². The van der Waals surface area contributed by atoms with Gasteiger partial charge in [0, 0.05) is 17.3 Å². The van der Waals surface area contributed by atoms with E-state index in [-0.39, 0.29) is 5.21 Å². The van der Waals surface area contributed by atoms with Crippen molar-refractivity contribution in [2.24, 2.45) is 0 Å². The highest BCUT2D eigenvalue weighted by molar-refractivity contribution is 6.40. The van der Waals surface area contributed by atoms with Gasteiger partial charge in [-0.2, -0.15) is 0 Å². The van der Waals surface area contributed by atoms with Crippen LogP contribution in [0, 0.1) is 0 Å². The Labute approximate surface area is 166 Å². The maximum Gasteiger partial charge on any atom is 0.104 e. The van der Waals surface area contributed by atoms with E-state index in [0.717, 1.165) is 11.3 Å². The number of hydrogen-bond donors (Lipinski definition) is 0. The zero-order valence-electron chi connectivity index (χ0n) is 16.9. The summed E-state index contributed by atoms with van der Waals surface area (Å²) in [5.41, 5.74) is 6.00. The first-order valence-electron chi connectivity index (χ1n) is 10.2. The van der Waals surface area contributed by atoms with Gasteiger partial charge in [0.25, 0.3) is 0 Å². The molecule has 1 nitrogen and oxygen atoms in total. The number of benzene rings is 2. The average molecular weight is 353 g/mol. The van der Waals surface area contributed by atoms with Gasteiger partial charge in [0.2, 0.25) is 0 Å². The van der Waals surface area contributed by atoms with Crippen LogP contribution in [0.3, 0.4) is 0 Å². The van der Waals surface area contributed by atoms with E-state index in [1.54, 1.807) is 0 Å². The second-order valence-corrected chi connectivity index (χ2v) is 8.07. The highest BCUT2D eigenvalue weighted by Crippen LogP contribution is 2.28. The summed E-state index contributed by atoms with van der Waals surface area (Å²) in [6, 6.07) is 23.7. The largest absolute Gasteiger partial charge is 0.256 e. The van der Waals surface area contributed by atoms with Crippen molar-refractivity contribution in [2.45, 2.75) is 44.2 Å². The van der Waals surface area contributed by atoms with Gasteiger partial charge in [0.05, 0.1) is 5.69 Å². The average Bonchev–Trinajstić information content (AvgIpc) is 2.72. The van der Waals surface area contributed by atoms with E-state index in [4.69, 9.17) is 0 Å². The fourth-order valence-corrected chi connectivity index (χ4v) is 3.60. The Balaban J connectivity index is 1.70. The van der Waals surface area contributed by atoms with Crippen LogP contribution in [0.15, 0.2) is 72.9 Å². The molecule has 0 aliphatic carbocycles. The molecule has 0 N–H and O–H groups in total. The van der Waals surface area contributed by atoms with Crippen LogP contribution in [0.5, 0.6) is 0 Å². The van der Waals surface area contributed by atoms with Crippen molar-refractivity contribution in [1.82, 2.24) is 4.98 Å². The zero-order chi connectivity index (χ0) is 19.1. The fraction of sp³-hybridized carbons (Fsp3) is 0.292. The van der Waals surface area contributed by atoms with E-state index in [0.29, 0.717) is 0 Å². The molecule has 0 saturated carbocycles. The Kier molecular flexibility index (Phi) is 6.55. The van der Waals surface area contributed by atoms with E-state index >= 15 is 0 Å². The van der Waals surface area contributed by atoms with Crippen LogP contribution in [0.4, 0.5) is 0 Å². The summed E-state index contributed by atoms with van der Waals surface area (Å²) < 4.78 is 0. The summed E-state index contributed by atoms with van der Waals surface area (Å²) in [6.45, 7) is 2.27. The van der Waals surface area contributed by atoms with Gasteiger partial charge in [-0.05, 0) is 11.6 Å². The first-order valence-corrected chi connectivity index (χ1v) is 10.2. The standard InChI is InChI=1S/C24H29B2N/c1-2-3-4-8-17-24(25,26)22-14-11-19(12-15-22)21-13-16-23(27-18-21)20-9-6-5-7-10-20/h5-7,9-16,18H,2-4,8,17,25-26H2,1H3. The quantitative estimate of drug-likeness (QED) is 0.419. The Morgan fingerprint density at radius 3 is 2.07 bits per heavy atom. The second-order valence-electron chi connectivity index (χ2n) is 8.07. The topological polar surface area (TPSA) is 12.9 Å². The third-order valence-corrected chi connectivity index (χ3v) is 5.49. The van der Waals surface area contributed by atoms with Crippen LogP contribution in [0.1, 0.15) is 44.6 Å². The van der Waals surface area contributed by atoms with Gasteiger partial charge in [-0.25, -0.2) is 0 Å². The molecular formula is C24H29B2N. The Bertz CT molecular complexity index is 825. The van der Waals surface area contributed by atoms with Crippen molar-refractivity contribution in [3.05, 3.63) is 78.5 Å². The molecule has 3 aromatic rings. The number of rotatable bonds is 8. The van der Waals surface area contributed by atoms with Crippen LogP contribution >= 0.6 is 0 Å². The van der Waals surface area contributed by atoms with Crippen molar-refractivity contribution in [3.8, 4) is 22.4 Å². The number of aromatic nitrogens is 1. The lowest BCUT2D eigenvalue weighted by Crippen LogP contribution is -2.26. The lowest BCUT2D eigenvalue weighted by atomic mass is 9.49. The lowest BCUT2D eigenvalue weighted by Gasteiger charge is -2.25. The Morgan fingerprint density at radius 1 is 0.741 bits per heavy atom. The minimum atomic E-state index is 0.238. The molecule has 0 radical (unpaired) electrons. The number of hydrogen-bond acceptors (Lipinski definition) is 1. The number of unbranched alkanes of at least 4 members (excludes halogenated alkanes) is 3. The smallest absolute Gasteiger partial charge is 0.104 e. The summed E-state index contributed by atoms with van der Waals surface area (Å²) in [5.74, 6) is 0. The van der Waals surface area contributed by atoms with E-state index in [9.17, 15) is 0 Å². The molecule has 0 spiro atoms. The predicted molar refractivity (Wildman–Crippen MR) is 123 cm³/mol. The minimum absolute atomic E-state index is 0.238. The summed E-state index contributed by atoms with van der Waals surface area (Å²) in [7, 11) is 4.73. The minimum Gasteiger partial charge on any atom is -0.256 e. The van der Waals surface area contributed by atoms with E-state index in [1.807, 2.05) is 24.4 Å². The first-order chi connectivity index (χ1) is 13.1. The molecular weight excluding hydrogens is 324 g/mol. The van der Waals surface area contributed by atoms with E-state index in [1.165, 1.54) is 48.8 Å². The van der Waals surface area contributed by atoms with Crippen molar-refractivity contribution >= 4 is 15.7 Å². The van der Waals surface area contributed by atoms with Crippen LogP contribution < -0.4 is 0 Å². The molecule has 3 heteroatoms. The van der Waals surface area contributed by atoms with Crippen LogP contribution in [0.2, 0.25) is 0 Å². The number of nitrogens with zero attached hydrogens (tertiary/aromatic N) is 1. The molecule has 0 amide bonds. The Morgan fingerprint density at radius 2 is 1.44 bits per heavy atom. The molecule has 3 rings (SSSR count). The van der Waals surface area contributed by atoms with Crippen molar-refractivity contribution < 1.29 is 0 Å². The van der Waals surface area contributed by atoms with Crippen molar-refractivity contribution in [1.29, 1.82) is 0 Å². The van der Waals surface area contributed by atoms with Crippen molar-refractivity contribution in [2.75, 3.05) is 0 Å². The summed E-state index contributed by atoms with van der Waals surface area (Å²) in [6.07, 6.45) is 8.53. The van der Waals surface area contributed by atoms with Crippen LogP contribution in [-0.2, 0) is 5.21 Å². The molecule has 1 heterocycles.